The number of esters is 1. The third-order valence-electron chi connectivity index (χ3n) is 3.00. The quantitative estimate of drug-likeness (QED) is 0.773. The van der Waals surface area contributed by atoms with Crippen molar-refractivity contribution in [3.05, 3.63) is 58.1 Å². The summed E-state index contributed by atoms with van der Waals surface area (Å²) in [5.41, 5.74) is 1.13. The first-order valence-corrected chi connectivity index (χ1v) is 7.91. The van der Waals surface area contributed by atoms with Crippen LogP contribution in [0.3, 0.4) is 0 Å². The molecule has 0 saturated heterocycles. The van der Waals surface area contributed by atoms with Crippen LogP contribution in [-0.2, 0) is 14.3 Å². The highest BCUT2D eigenvalue weighted by molar-refractivity contribution is 6.44. The van der Waals surface area contributed by atoms with Crippen LogP contribution in [0.5, 0.6) is 0 Å². The lowest BCUT2D eigenvalue weighted by molar-refractivity contribution is -0.119. The molecule has 2 aromatic carbocycles. The predicted molar refractivity (Wildman–Crippen MR) is 96.1 cm³/mol. The minimum atomic E-state index is -0.665. The van der Waals surface area contributed by atoms with Crippen LogP contribution in [0.25, 0.3) is 0 Å². The molecule has 6 nitrogen and oxygen atoms in total. The molecule has 0 heterocycles. The Morgan fingerprint density at radius 2 is 1.68 bits per heavy atom. The number of ether oxygens (including phenoxy) is 1. The van der Waals surface area contributed by atoms with Gasteiger partial charge in [-0.05, 0) is 36.4 Å². The SMILES string of the molecule is CC(=O)Nc1ccc(C(=O)OCC(=O)Nc2cccc(Cl)c2Cl)cc1. The fourth-order valence-electron chi connectivity index (χ4n) is 1.89. The highest BCUT2D eigenvalue weighted by Gasteiger charge is 2.12. The van der Waals surface area contributed by atoms with Crippen LogP contribution >= 0.6 is 23.2 Å². The number of halogens is 2. The summed E-state index contributed by atoms with van der Waals surface area (Å²) in [6, 6.07) is 10.9. The highest BCUT2D eigenvalue weighted by Crippen LogP contribution is 2.29. The molecule has 25 heavy (non-hydrogen) atoms. The summed E-state index contributed by atoms with van der Waals surface area (Å²) in [5.74, 6) is -1.43. The van der Waals surface area contributed by atoms with Gasteiger partial charge in [0.25, 0.3) is 5.91 Å². The summed E-state index contributed by atoms with van der Waals surface area (Å²) in [5, 5.41) is 5.60. The molecule has 0 aliphatic heterocycles. The van der Waals surface area contributed by atoms with Crippen LogP contribution in [0.1, 0.15) is 17.3 Å². The Balaban J connectivity index is 1.89. The first kappa shape index (κ1) is 18.8. The summed E-state index contributed by atoms with van der Waals surface area (Å²) in [7, 11) is 0. The van der Waals surface area contributed by atoms with E-state index in [2.05, 4.69) is 10.6 Å². The lowest BCUT2D eigenvalue weighted by atomic mass is 10.2. The third kappa shape index (κ3) is 5.48. The van der Waals surface area contributed by atoms with E-state index in [0.717, 1.165) is 0 Å². The topological polar surface area (TPSA) is 84.5 Å². The molecule has 0 fully saturated rings. The number of nitrogens with one attached hydrogen (secondary N) is 2. The monoisotopic (exact) mass is 380 g/mol. The molecular weight excluding hydrogens is 367 g/mol. The maximum Gasteiger partial charge on any atom is 0.338 e. The van der Waals surface area contributed by atoms with Gasteiger partial charge in [-0.3, -0.25) is 9.59 Å². The van der Waals surface area contributed by atoms with Gasteiger partial charge in [0.1, 0.15) is 0 Å². The second kappa shape index (κ2) is 8.50. The summed E-state index contributed by atoms with van der Waals surface area (Å²) < 4.78 is 4.94. The summed E-state index contributed by atoms with van der Waals surface area (Å²) in [6.07, 6.45) is 0. The molecule has 8 heteroatoms. The zero-order chi connectivity index (χ0) is 18.4. The van der Waals surface area contributed by atoms with Crippen molar-refractivity contribution in [1.82, 2.24) is 0 Å². The first-order chi connectivity index (χ1) is 11.9. The van der Waals surface area contributed by atoms with Crippen molar-refractivity contribution in [2.75, 3.05) is 17.2 Å². The number of amides is 2. The van der Waals surface area contributed by atoms with Crippen molar-refractivity contribution in [2.24, 2.45) is 0 Å². The maximum absolute atomic E-state index is 11.9. The molecule has 0 unspecified atom stereocenters. The predicted octanol–water partition coefficient (Wildman–Crippen LogP) is 3.75. The average Bonchev–Trinajstić information content (AvgIpc) is 2.57. The lowest BCUT2D eigenvalue weighted by Gasteiger charge is -2.09. The van der Waals surface area contributed by atoms with Crippen LogP contribution in [0.2, 0.25) is 10.0 Å². The largest absolute Gasteiger partial charge is 0.452 e. The van der Waals surface area contributed by atoms with E-state index in [4.69, 9.17) is 27.9 Å². The normalized spacial score (nSPS) is 10.0. The van der Waals surface area contributed by atoms with E-state index in [1.807, 2.05) is 0 Å². The molecule has 0 aliphatic rings. The summed E-state index contributed by atoms with van der Waals surface area (Å²) in [6.45, 7) is 0.905. The van der Waals surface area contributed by atoms with Gasteiger partial charge in [0.15, 0.2) is 6.61 Å². The van der Waals surface area contributed by atoms with Crippen LogP contribution < -0.4 is 10.6 Å². The molecule has 0 saturated carbocycles. The highest BCUT2D eigenvalue weighted by atomic mass is 35.5. The Kier molecular flexibility index (Phi) is 6.38. The second-order valence-corrected chi connectivity index (χ2v) is 5.77. The van der Waals surface area contributed by atoms with Crippen molar-refractivity contribution in [1.29, 1.82) is 0 Å². The van der Waals surface area contributed by atoms with E-state index >= 15 is 0 Å². The molecule has 2 rings (SSSR count). The third-order valence-corrected chi connectivity index (χ3v) is 3.82. The van der Waals surface area contributed by atoms with Crippen LogP contribution in [0.15, 0.2) is 42.5 Å². The van der Waals surface area contributed by atoms with E-state index in [1.54, 1.807) is 30.3 Å². The zero-order valence-electron chi connectivity index (χ0n) is 13.1. The number of anilines is 2. The Hall–Kier alpha value is -2.57. The van der Waals surface area contributed by atoms with Crippen LogP contribution in [0, 0.1) is 0 Å². The van der Waals surface area contributed by atoms with Crippen LogP contribution in [0.4, 0.5) is 11.4 Å². The van der Waals surface area contributed by atoms with Crippen molar-refractivity contribution in [3.8, 4) is 0 Å². The number of benzene rings is 2. The summed E-state index contributed by atoms with van der Waals surface area (Å²) >= 11 is 11.8. The molecule has 0 bridgehead atoms. The lowest BCUT2D eigenvalue weighted by Crippen LogP contribution is -2.21. The van der Waals surface area contributed by atoms with Gasteiger partial charge in [-0.2, -0.15) is 0 Å². The Bertz CT molecular complexity index is 807. The van der Waals surface area contributed by atoms with E-state index < -0.39 is 18.5 Å². The number of hydrogen-bond acceptors (Lipinski definition) is 4. The van der Waals surface area contributed by atoms with Crippen molar-refractivity contribution in [3.63, 3.8) is 0 Å². The molecular formula is C17H14Cl2N2O4. The Morgan fingerprint density at radius 1 is 1.00 bits per heavy atom. The van der Waals surface area contributed by atoms with E-state index in [0.29, 0.717) is 16.4 Å². The number of carbonyl (C=O) groups excluding carboxylic acids is 3. The molecule has 2 aromatic rings. The van der Waals surface area contributed by atoms with Gasteiger partial charge in [0.05, 0.1) is 21.3 Å². The van der Waals surface area contributed by atoms with Gasteiger partial charge in [0.2, 0.25) is 5.91 Å². The fourth-order valence-corrected chi connectivity index (χ4v) is 2.24. The molecule has 0 aliphatic carbocycles. The van der Waals surface area contributed by atoms with Crippen molar-refractivity contribution >= 4 is 52.4 Å². The van der Waals surface area contributed by atoms with Gasteiger partial charge < -0.3 is 15.4 Å². The number of hydrogen-bond donors (Lipinski definition) is 2. The van der Waals surface area contributed by atoms with Crippen molar-refractivity contribution < 1.29 is 19.1 Å². The smallest absolute Gasteiger partial charge is 0.338 e. The zero-order valence-corrected chi connectivity index (χ0v) is 14.6. The van der Waals surface area contributed by atoms with Gasteiger partial charge in [0, 0.05) is 12.6 Å². The van der Waals surface area contributed by atoms with E-state index in [1.165, 1.54) is 19.1 Å². The standard InChI is InChI=1S/C17H14Cl2N2O4/c1-10(22)20-12-7-5-11(6-8-12)17(24)25-9-15(23)21-14-4-2-3-13(18)16(14)19/h2-8H,9H2,1H3,(H,20,22)(H,21,23). The minimum Gasteiger partial charge on any atom is -0.452 e. The Labute approximate surface area is 154 Å². The number of carbonyl (C=O) groups is 3. The fraction of sp³-hybridized carbons (Fsp3) is 0.118. The molecule has 2 amide bonds. The first-order valence-electron chi connectivity index (χ1n) is 7.15. The van der Waals surface area contributed by atoms with E-state index in [9.17, 15) is 14.4 Å². The van der Waals surface area contributed by atoms with Gasteiger partial charge >= 0.3 is 5.97 Å². The van der Waals surface area contributed by atoms with Gasteiger partial charge in [-0.15, -0.1) is 0 Å². The second-order valence-electron chi connectivity index (χ2n) is 4.98. The molecule has 0 radical (unpaired) electrons. The van der Waals surface area contributed by atoms with Gasteiger partial charge in [-0.1, -0.05) is 29.3 Å². The van der Waals surface area contributed by atoms with Gasteiger partial charge in [-0.25, -0.2) is 4.79 Å². The molecule has 2 N–H and O–H groups in total. The van der Waals surface area contributed by atoms with Crippen molar-refractivity contribution in [2.45, 2.75) is 6.92 Å². The molecule has 0 aromatic heterocycles. The van der Waals surface area contributed by atoms with Crippen LogP contribution in [-0.4, -0.2) is 24.4 Å². The minimum absolute atomic E-state index is 0.206. The average molecular weight is 381 g/mol. The Morgan fingerprint density at radius 3 is 2.32 bits per heavy atom. The molecule has 0 spiro atoms. The molecule has 130 valence electrons. The maximum atomic E-state index is 11.9. The summed E-state index contributed by atoms with van der Waals surface area (Å²) in [4.78, 5) is 34.7. The van der Waals surface area contributed by atoms with E-state index in [-0.39, 0.29) is 16.5 Å². The number of rotatable bonds is 5. The molecule has 0 atom stereocenters.